The van der Waals surface area contributed by atoms with Crippen molar-refractivity contribution in [3.8, 4) is 22.8 Å². The summed E-state index contributed by atoms with van der Waals surface area (Å²) < 4.78 is 8.96. The molecule has 28 heavy (non-hydrogen) atoms. The molecule has 0 radical (unpaired) electrons. The van der Waals surface area contributed by atoms with E-state index in [1.54, 1.807) is 0 Å². The third-order valence-corrected chi connectivity index (χ3v) is 8.00. The normalized spacial score (nSPS) is 12.9. The summed E-state index contributed by atoms with van der Waals surface area (Å²) in [6, 6.07) is 15.4. The van der Waals surface area contributed by atoms with Gasteiger partial charge in [0.2, 0.25) is 5.69 Å². The number of pyridine rings is 1. The lowest BCUT2D eigenvalue weighted by Gasteiger charge is -2.29. The van der Waals surface area contributed by atoms with E-state index in [9.17, 15) is 0 Å². The van der Waals surface area contributed by atoms with Crippen molar-refractivity contribution in [2.75, 3.05) is 0 Å². The van der Waals surface area contributed by atoms with Crippen LogP contribution in [0.25, 0.3) is 32.8 Å². The number of fused-ring (bicyclic) bond motifs is 3. The molecule has 0 atom stereocenters. The fourth-order valence-electron chi connectivity index (χ4n) is 4.75. The van der Waals surface area contributed by atoms with E-state index in [-0.39, 0.29) is 0 Å². The predicted molar refractivity (Wildman–Crippen MR) is 121 cm³/mol. The molecule has 2 heterocycles. The minimum atomic E-state index is -1.67. The van der Waals surface area contributed by atoms with Gasteiger partial charge in [-0.1, -0.05) is 55.5 Å². The second-order valence-electron chi connectivity index (χ2n) is 9.10. The van der Waals surface area contributed by atoms with Crippen LogP contribution in [0.15, 0.2) is 48.7 Å². The summed E-state index contributed by atoms with van der Waals surface area (Å²) in [7, 11) is 0.474. The van der Waals surface area contributed by atoms with Crippen molar-refractivity contribution in [3.05, 3.63) is 59.8 Å². The largest absolute Gasteiger partial charge is 0.456 e. The fourth-order valence-corrected chi connectivity index (χ4v) is 6.63. The van der Waals surface area contributed by atoms with E-state index in [4.69, 9.17) is 4.74 Å². The number of aryl methyl sites for hydroxylation is 3. The van der Waals surface area contributed by atoms with Gasteiger partial charge in [0.1, 0.15) is 18.5 Å². The van der Waals surface area contributed by atoms with Gasteiger partial charge in [-0.05, 0) is 46.8 Å². The highest BCUT2D eigenvalue weighted by Crippen LogP contribution is 2.48. The van der Waals surface area contributed by atoms with Gasteiger partial charge in [0.05, 0.1) is 19.0 Å². The van der Waals surface area contributed by atoms with Crippen LogP contribution in [0.5, 0.6) is 11.5 Å². The Morgan fingerprint density at radius 1 is 0.929 bits per heavy atom. The van der Waals surface area contributed by atoms with Gasteiger partial charge in [0.25, 0.3) is 0 Å². The standard InChI is InChI=1S/C25H26NOSi/c1-15-10-11-18-19(14-15)16(2)21-23-22-17(12-13-26(23)3)8-7-9-20(22)27-24(21)25(18)28(4,5)6/h7-14H,1-6H3/q+1. The Kier molecular flexibility index (Phi) is 3.54. The molecular formula is C25H26NOSi+. The van der Waals surface area contributed by atoms with Crippen molar-refractivity contribution in [3.63, 3.8) is 0 Å². The molecule has 0 unspecified atom stereocenters. The Morgan fingerprint density at radius 2 is 1.71 bits per heavy atom. The molecule has 1 aromatic heterocycles. The number of aromatic nitrogens is 1. The van der Waals surface area contributed by atoms with Gasteiger partial charge in [-0.3, -0.25) is 0 Å². The summed E-state index contributed by atoms with van der Waals surface area (Å²) in [5.41, 5.74) is 5.15. The van der Waals surface area contributed by atoms with Gasteiger partial charge in [0, 0.05) is 6.07 Å². The van der Waals surface area contributed by atoms with Crippen LogP contribution in [0.3, 0.4) is 0 Å². The van der Waals surface area contributed by atoms with Gasteiger partial charge in [0.15, 0.2) is 6.20 Å². The van der Waals surface area contributed by atoms with Crippen LogP contribution < -0.4 is 14.5 Å². The van der Waals surface area contributed by atoms with Crippen molar-refractivity contribution >= 4 is 34.8 Å². The van der Waals surface area contributed by atoms with E-state index < -0.39 is 8.07 Å². The first-order chi connectivity index (χ1) is 13.3. The monoisotopic (exact) mass is 384 g/mol. The average molecular weight is 385 g/mol. The number of rotatable bonds is 1. The SMILES string of the molecule is Cc1ccc2c([Si](C)(C)C)c3c(c(C)c2c1)-c1c2c(cccc2cc[n+]1C)O3. The lowest BCUT2D eigenvalue weighted by molar-refractivity contribution is -0.659. The molecule has 0 bridgehead atoms. The summed E-state index contributed by atoms with van der Waals surface area (Å²) >= 11 is 0. The molecule has 3 aromatic carbocycles. The molecule has 3 heteroatoms. The lowest BCUT2D eigenvalue weighted by atomic mass is 9.91. The highest BCUT2D eigenvalue weighted by atomic mass is 28.3. The lowest BCUT2D eigenvalue weighted by Crippen LogP contribution is -2.41. The first kappa shape index (κ1) is 17.4. The van der Waals surface area contributed by atoms with E-state index in [1.165, 1.54) is 49.1 Å². The summed E-state index contributed by atoms with van der Waals surface area (Å²) in [5, 5.41) is 6.59. The minimum Gasteiger partial charge on any atom is -0.456 e. The summed E-state index contributed by atoms with van der Waals surface area (Å²) in [6.07, 6.45) is 2.17. The number of hydrogen-bond donors (Lipinski definition) is 0. The van der Waals surface area contributed by atoms with Gasteiger partial charge in [-0.2, -0.15) is 0 Å². The van der Waals surface area contributed by atoms with E-state index in [0.717, 1.165) is 11.5 Å². The molecule has 1 aliphatic heterocycles. The zero-order chi connectivity index (χ0) is 19.8. The number of ether oxygens (including phenoxy) is 1. The van der Waals surface area contributed by atoms with Gasteiger partial charge in [-0.15, -0.1) is 0 Å². The topological polar surface area (TPSA) is 13.1 Å². The van der Waals surface area contributed by atoms with Crippen LogP contribution in [0.4, 0.5) is 0 Å². The molecule has 140 valence electrons. The predicted octanol–water partition coefficient (Wildman–Crippen LogP) is 5.75. The Labute approximate surface area is 167 Å². The summed E-state index contributed by atoms with van der Waals surface area (Å²) in [4.78, 5) is 0. The van der Waals surface area contributed by atoms with Crippen LogP contribution in [0, 0.1) is 13.8 Å². The molecule has 0 saturated carbocycles. The molecule has 0 amide bonds. The second kappa shape index (κ2) is 5.68. The Morgan fingerprint density at radius 3 is 2.46 bits per heavy atom. The third kappa shape index (κ3) is 2.29. The van der Waals surface area contributed by atoms with Gasteiger partial charge < -0.3 is 4.74 Å². The molecule has 0 N–H and O–H groups in total. The highest BCUT2D eigenvalue weighted by molar-refractivity contribution is 6.91. The summed E-state index contributed by atoms with van der Waals surface area (Å²) in [5.74, 6) is 2.05. The molecule has 4 aromatic rings. The zero-order valence-corrected chi connectivity index (χ0v) is 18.5. The molecule has 0 saturated heterocycles. The maximum absolute atomic E-state index is 6.70. The Balaban J connectivity index is 2.07. The van der Waals surface area contributed by atoms with Crippen molar-refractivity contribution in [2.24, 2.45) is 7.05 Å². The van der Waals surface area contributed by atoms with E-state index in [0.29, 0.717) is 0 Å². The van der Waals surface area contributed by atoms with Crippen LogP contribution >= 0.6 is 0 Å². The molecule has 2 nitrogen and oxygen atoms in total. The van der Waals surface area contributed by atoms with Crippen LogP contribution in [0.2, 0.25) is 19.6 Å². The number of hydrogen-bond acceptors (Lipinski definition) is 1. The third-order valence-electron chi connectivity index (χ3n) is 6.00. The first-order valence-corrected chi connectivity index (χ1v) is 13.4. The Hall–Kier alpha value is -2.65. The maximum atomic E-state index is 6.70. The van der Waals surface area contributed by atoms with Gasteiger partial charge in [-0.25, -0.2) is 4.57 Å². The van der Waals surface area contributed by atoms with Gasteiger partial charge >= 0.3 is 0 Å². The van der Waals surface area contributed by atoms with Crippen molar-refractivity contribution in [2.45, 2.75) is 33.5 Å². The van der Waals surface area contributed by atoms with Crippen molar-refractivity contribution < 1.29 is 9.30 Å². The van der Waals surface area contributed by atoms with Crippen molar-refractivity contribution in [1.82, 2.24) is 0 Å². The molecule has 1 aliphatic rings. The summed E-state index contributed by atoms with van der Waals surface area (Å²) in [6.45, 7) is 11.7. The second-order valence-corrected chi connectivity index (χ2v) is 14.1. The minimum absolute atomic E-state index is 0.974. The van der Waals surface area contributed by atoms with Crippen LogP contribution in [0.1, 0.15) is 11.1 Å². The molecule has 0 spiro atoms. The van der Waals surface area contributed by atoms with Crippen LogP contribution in [-0.2, 0) is 7.05 Å². The van der Waals surface area contributed by atoms with E-state index in [2.05, 4.69) is 93.8 Å². The molecule has 0 fully saturated rings. The fraction of sp³-hybridized carbons (Fsp3) is 0.240. The Bertz CT molecular complexity index is 1300. The van der Waals surface area contributed by atoms with E-state index >= 15 is 0 Å². The van der Waals surface area contributed by atoms with Crippen molar-refractivity contribution in [1.29, 1.82) is 0 Å². The number of nitrogens with zero attached hydrogens (tertiary/aromatic N) is 1. The first-order valence-electron chi connectivity index (χ1n) is 9.94. The maximum Gasteiger partial charge on any atom is 0.228 e. The highest BCUT2D eigenvalue weighted by Gasteiger charge is 2.36. The quantitative estimate of drug-likeness (QED) is 0.265. The smallest absolute Gasteiger partial charge is 0.228 e. The molecule has 5 rings (SSSR count). The zero-order valence-electron chi connectivity index (χ0n) is 17.5. The van der Waals surface area contributed by atoms with Crippen LogP contribution in [-0.4, -0.2) is 8.07 Å². The molecule has 0 aliphatic carbocycles. The molecular weight excluding hydrogens is 358 g/mol. The average Bonchev–Trinajstić information content (AvgIpc) is 2.63. The van der Waals surface area contributed by atoms with E-state index in [1.807, 2.05) is 0 Å². The number of benzene rings is 3.